The molecule has 3 heteroatoms. The maximum atomic E-state index is 13.6. The molecule has 2 nitrogen and oxygen atoms in total. The van der Waals surface area contributed by atoms with Gasteiger partial charge in [-0.05, 0) is 25.2 Å². The Balaban J connectivity index is 4.86. The lowest BCUT2D eigenvalue weighted by atomic mass is 9.97. The molecular formula is C24H51O2P. The predicted octanol–water partition coefficient (Wildman–Crippen LogP) is 8.95. The van der Waals surface area contributed by atoms with Crippen LogP contribution in [0.3, 0.4) is 0 Å². The molecule has 0 aromatic heterocycles. The summed E-state index contributed by atoms with van der Waals surface area (Å²) in [5.74, 6) is 0.401. The smallest absolute Gasteiger partial charge is 0.206 e. The lowest BCUT2D eigenvalue weighted by Gasteiger charge is -2.34. The molecule has 0 amide bonds. The quantitative estimate of drug-likeness (QED) is 0.173. The Morgan fingerprint density at radius 1 is 0.630 bits per heavy atom. The van der Waals surface area contributed by atoms with Crippen molar-refractivity contribution in [1.82, 2.24) is 0 Å². The number of unbranched alkanes of at least 4 members (excludes halogenated alkanes) is 9. The van der Waals surface area contributed by atoms with Crippen LogP contribution >= 0.6 is 7.37 Å². The summed E-state index contributed by atoms with van der Waals surface area (Å²) in [5, 5.41) is 0. The first-order chi connectivity index (χ1) is 13.0. The highest BCUT2D eigenvalue weighted by Gasteiger charge is 2.40. The third-order valence-corrected chi connectivity index (χ3v) is 9.84. The monoisotopic (exact) mass is 402 g/mol. The van der Waals surface area contributed by atoms with Crippen LogP contribution in [0.15, 0.2) is 0 Å². The van der Waals surface area contributed by atoms with Gasteiger partial charge in [0.2, 0.25) is 7.37 Å². The van der Waals surface area contributed by atoms with Crippen LogP contribution in [-0.4, -0.2) is 16.2 Å². The van der Waals surface area contributed by atoms with E-state index < -0.39 is 7.37 Å². The van der Waals surface area contributed by atoms with Gasteiger partial charge in [-0.15, -0.1) is 0 Å². The zero-order chi connectivity index (χ0) is 20.5. The van der Waals surface area contributed by atoms with E-state index in [0.717, 1.165) is 44.9 Å². The van der Waals surface area contributed by atoms with Crippen molar-refractivity contribution in [2.24, 2.45) is 5.92 Å². The summed E-state index contributed by atoms with van der Waals surface area (Å²) in [6, 6.07) is 0. The van der Waals surface area contributed by atoms with Crippen molar-refractivity contribution in [3.63, 3.8) is 0 Å². The molecule has 0 aliphatic rings. The van der Waals surface area contributed by atoms with E-state index in [0.29, 0.717) is 5.92 Å². The van der Waals surface area contributed by atoms with E-state index in [1.54, 1.807) is 0 Å². The van der Waals surface area contributed by atoms with Gasteiger partial charge in [-0.3, -0.25) is 4.57 Å². The van der Waals surface area contributed by atoms with Gasteiger partial charge in [0.25, 0.3) is 0 Å². The van der Waals surface area contributed by atoms with Crippen molar-refractivity contribution in [3.05, 3.63) is 0 Å². The van der Waals surface area contributed by atoms with Crippen molar-refractivity contribution in [1.29, 1.82) is 0 Å². The van der Waals surface area contributed by atoms with E-state index >= 15 is 0 Å². The van der Waals surface area contributed by atoms with E-state index in [4.69, 9.17) is 0 Å². The fraction of sp³-hybridized carbons (Fsp3) is 1.00. The van der Waals surface area contributed by atoms with Gasteiger partial charge in [0.15, 0.2) is 0 Å². The molecule has 0 radical (unpaired) electrons. The van der Waals surface area contributed by atoms with Gasteiger partial charge in [0.1, 0.15) is 0 Å². The van der Waals surface area contributed by atoms with E-state index in [1.165, 1.54) is 57.8 Å². The van der Waals surface area contributed by atoms with Gasteiger partial charge < -0.3 is 4.89 Å². The molecule has 1 N–H and O–H groups in total. The Hall–Kier alpha value is 0.190. The summed E-state index contributed by atoms with van der Waals surface area (Å²) < 4.78 is 13.6. The minimum atomic E-state index is -3.12. The molecule has 0 aromatic rings. The number of hydrogen-bond acceptors (Lipinski definition) is 1. The van der Waals surface area contributed by atoms with Crippen LogP contribution in [0.2, 0.25) is 0 Å². The fourth-order valence-corrected chi connectivity index (χ4v) is 7.85. The third kappa shape index (κ3) is 11.1. The van der Waals surface area contributed by atoms with Crippen molar-refractivity contribution < 1.29 is 9.46 Å². The lowest BCUT2D eigenvalue weighted by molar-refractivity contribution is 0.374. The van der Waals surface area contributed by atoms with Crippen LogP contribution in [0.5, 0.6) is 0 Å². The minimum absolute atomic E-state index is 0.00762. The second-order valence-corrected chi connectivity index (χ2v) is 11.4. The first-order valence-corrected chi connectivity index (χ1v) is 14.1. The normalized spacial score (nSPS) is 16.4. The Labute approximate surface area is 171 Å². The average molecular weight is 403 g/mol. The first-order valence-electron chi connectivity index (χ1n) is 12.3. The van der Waals surface area contributed by atoms with Gasteiger partial charge >= 0.3 is 0 Å². The van der Waals surface area contributed by atoms with Crippen molar-refractivity contribution >= 4 is 7.37 Å². The summed E-state index contributed by atoms with van der Waals surface area (Å²) in [4.78, 5) is 11.3. The molecule has 3 atom stereocenters. The largest absolute Gasteiger partial charge is 0.344 e. The Morgan fingerprint density at radius 3 is 1.41 bits per heavy atom. The number of rotatable bonds is 19. The van der Waals surface area contributed by atoms with E-state index in [2.05, 4.69) is 34.6 Å². The standard InChI is InChI=1S/C24H51O2P/c1-6-11-13-15-17-19-21-23(20-18-16-14-12-7-2)27(25,26)24(10-5)22(8-3)9-4/h22-24H,6-21H2,1-5H3,(H,25,26). The summed E-state index contributed by atoms with van der Waals surface area (Å²) in [5.41, 5.74) is 0.0454. The maximum absolute atomic E-state index is 13.6. The molecule has 3 unspecified atom stereocenters. The van der Waals surface area contributed by atoms with Gasteiger partial charge in [-0.25, -0.2) is 0 Å². The summed E-state index contributed by atoms with van der Waals surface area (Å²) in [6.45, 7) is 11.0. The molecule has 0 fully saturated rings. The summed E-state index contributed by atoms with van der Waals surface area (Å²) >= 11 is 0. The van der Waals surface area contributed by atoms with Crippen LogP contribution in [-0.2, 0) is 4.57 Å². The molecule has 0 heterocycles. The van der Waals surface area contributed by atoms with Crippen LogP contribution in [0.4, 0.5) is 0 Å². The van der Waals surface area contributed by atoms with Crippen LogP contribution in [0.1, 0.15) is 137 Å². The minimum Gasteiger partial charge on any atom is -0.344 e. The zero-order valence-corrected chi connectivity index (χ0v) is 20.2. The molecule has 0 rings (SSSR count). The number of hydrogen-bond donors (Lipinski definition) is 1. The highest BCUT2D eigenvalue weighted by atomic mass is 31.2. The lowest BCUT2D eigenvalue weighted by Crippen LogP contribution is -2.25. The fourth-order valence-electron chi connectivity index (χ4n) is 4.66. The van der Waals surface area contributed by atoms with Crippen LogP contribution in [0, 0.1) is 5.92 Å². The van der Waals surface area contributed by atoms with E-state index in [-0.39, 0.29) is 11.3 Å². The molecular weight excluding hydrogens is 351 g/mol. The first kappa shape index (κ1) is 27.2. The average Bonchev–Trinajstić information content (AvgIpc) is 2.66. The second kappa shape index (κ2) is 17.1. The SMILES string of the molecule is CCCCCCCCC(CCCCCCC)P(=O)(O)C(CC)C(CC)CC. The van der Waals surface area contributed by atoms with Crippen molar-refractivity contribution in [2.45, 2.75) is 149 Å². The van der Waals surface area contributed by atoms with Crippen LogP contribution in [0.25, 0.3) is 0 Å². The second-order valence-electron chi connectivity index (χ2n) is 8.64. The topological polar surface area (TPSA) is 37.3 Å². The highest BCUT2D eigenvalue weighted by molar-refractivity contribution is 7.59. The van der Waals surface area contributed by atoms with Gasteiger partial charge in [-0.1, -0.05) is 118 Å². The van der Waals surface area contributed by atoms with E-state index in [1.807, 2.05) is 0 Å². The molecule has 0 aromatic carbocycles. The molecule has 27 heavy (non-hydrogen) atoms. The molecule has 0 bridgehead atoms. The van der Waals surface area contributed by atoms with Gasteiger partial charge in [0.05, 0.1) is 0 Å². The summed E-state index contributed by atoms with van der Waals surface area (Å²) in [6.07, 6.45) is 18.6. The van der Waals surface area contributed by atoms with Crippen molar-refractivity contribution in [2.75, 3.05) is 0 Å². The Bertz CT molecular complexity index is 365. The molecule has 0 aliphatic carbocycles. The van der Waals surface area contributed by atoms with Crippen LogP contribution < -0.4 is 0 Å². The summed E-state index contributed by atoms with van der Waals surface area (Å²) in [7, 11) is -3.12. The highest BCUT2D eigenvalue weighted by Crippen LogP contribution is 2.58. The third-order valence-electron chi connectivity index (χ3n) is 6.54. The van der Waals surface area contributed by atoms with Gasteiger partial charge in [0, 0.05) is 11.3 Å². The Morgan fingerprint density at radius 2 is 1.04 bits per heavy atom. The molecule has 0 spiro atoms. The Kier molecular flexibility index (Phi) is 17.2. The van der Waals surface area contributed by atoms with Gasteiger partial charge in [-0.2, -0.15) is 0 Å². The zero-order valence-electron chi connectivity index (χ0n) is 19.3. The molecule has 0 aliphatic heterocycles. The molecule has 0 saturated carbocycles. The predicted molar refractivity (Wildman–Crippen MR) is 123 cm³/mol. The van der Waals surface area contributed by atoms with E-state index in [9.17, 15) is 9.46 Å². The molecule has 0 saturated heterocycles. The maximum Gasteiger partial charge on any atom is 0.206 e. The molecule has 164 valence electrons. The van der Waals surface area contributed by atoms with Crippen molar-refractivity contribution in [3.8, 4) is 0 Å².